The topological polar surface area (TPSA) is 41.5 Å². The normalized spacial score (nSPS) is 11.9. The maximum Gasteiger partial charge on any atom is 0.165 e. The van der Waals surface area contributed by atoms with Gasteiger partial charge in [-0.15, -0.1) is 0 Å². The molecule has 0 bridgehead atoms. The molecule has 0 heterocycles. The first-order valence-corrected chi connectivity index (χ1v) is 7.28. The molecular formula is C15H15FINO2. The molecule has 0 aromatic heterocycles. The Hall–Kier alpha value is -1.34. The predicted molar refractivity (Wildman–Crippen MR) is 85.6 cm³/mol. The van der Waals surface area contributed by atoms with E-state index in [-0.39, 0.29) is 12.4 Å². The Labute approximate surface area is 130 Å². The number of aliphatic hydroxyl groups is 1. The summed E-state index contributed by atoms with van der Waals surface area (Å²) in [7, 11) is 0. The highest BCUT2D eigenvalue weighted by molar-refractivity contribution is 14.1. The van der Waals surface area contributed by atoms with Crippen molar-refractivity contribution in [2.24, 2.45) is 0 Å². The van der Waals surface area contributed by atoms with E-state index in [1.165, 1.54) is 12.1 Å². The van der Waals surface area contributed by atoms with Crippen molar-refractivity contribution in [1.29, 1.82) is 0 Å². The van der Waals surface area contributed by atoms with Crippen molar-refractivity contribution in [2.45, 2.75) is 6.10 Å². The largest absolute Gasteiger partial charge is 0.488 e. The Balaban J connectivity index is 1.77. The van der Waals surface area contributed by atoms with Crippen LogP contribution in [0.5, 0.6) is 5.75 Å². The van der Waals surface area contributed by atoms with Crippen molar-refractivity contribution in [1.82, 2.24) is 0 Å². The molecule has 3 nitrogen and oxygen atoms in total. The molecular weight excluding hydrogens is 372 g/mol. The summed E-state index contributed by atoms with van der Waals surface area (Å²) in [6.45, 7) is 0.382. The second-order valence-corrected chi connectivity index (χ2v) is 5.53. The molecule has 5 heteroatoms. The number of benzene rings is 2. The Morgan fingerprint density at radius 2 is 1.85 bits per heavy atom. The van der Waals surface area contributed by atoms with Gasteiger partial charge in [-0.05, 0) is 59.0 Å². The summed E-state index contributed by atoms with van der Waals surface area (Å²) < 4.78 is 19.7. The molecule has 106 valence electrons. The summed E-state index contributed by atoms with van der Waals surface area (Å²) in [5.41, 5.74) is 0.926. The van der Waals surface area contributed by atoms with Gasteiger partial charge in [0.2, 0.25) is 0 Å². The molecule has 2 aromatic rings. The minimum absolute atomic E-state index is 0.0400. The fourth-order valence-corrected chi connectivity index (χ4v) is 1.97. The van der Waals surface area contributed by atoms with Crippen molar-refractivity contribution in [3.05, 3.63) is 57.9 Å². The van der Waals surface area contributed by atoms with E-state index in [1.807, 2.05) is 24.3 Å². The van der Waals surface area contributed by atoms with Gasteiger partial charge in [0.1, 0.15) is 12.7 Å². The molecule has 2 aromatic carbocycles. The van der Waals surface area contributed by atoms with Crippen molar-refractivity contribution in [3.63, 3.8) is 0 Å². The highest BCUT2D eigenvalue weighted by Crippen LogP contribution is 2.15. The first-order chi connectivity index (χ1) is 9.65. The van der Waals surface area contributed by atoms with Crippen LogP contribution in [0.4, 0.5) is 10.1 Å². The minimum Gasteiger partial charge on any atom is -0.488 e. The van der Waals surface area contributed by atoms with Crippen LogP contribution >= 0.6 is 22.6 Å². The fraction of sp³-hybridized carbons (Fsp3) is 0.200. The van der Waals surface area contributed by atoms with E-state index in [1.54, 1.807) is 12.1 Å². The van der Waals surface area contributed by atoms with E-state index in [4.69, 9.17) is 4.74 Å². The third-order valence-electron chi connectivity index (χ3n) is 2.65. The first kappa shape index (κ1) is 15.1. The lowest BCUT2D eigenvalue weighted by molar-refractivity contribution is 0.115. The number of halogens is 2. The van der Waals surface area contributed by atoms with Gasteiger partial charge >= 0.3 is 0 Å². The van der Waals surface area contributed by atoms with E-state index in [0.29, 0.717) is 6.54 Å². The first-order valence-electron chi connectivity index (χ1n) is 6.20. The number of para-hydroxylation sites is 1. The predicted octanol–water partition coefficient (Wildman–Crippen LogP) is 3.28. The maximum absolute atomic E-state index is 13.3. The van der Waals surface area contributed by atoms with Crippen LogP contribution in [0.1, 0.15) is 0 Å². The van der Waals surface area contributed by atoms with Gasteiger partial charge in [0.15, 0.2) is 11.6 Å². The van der Waals surface area contributed by atoms with Gasteiger partial charge in [-0.3, -0.25) is 0 Å². The van der Waals surface area contributed by atoms with Crippen molar-refractivity contribution < 1.29 is 14.2 Å². The molecule has 1 unspecified atom stereocenters. The highest BCUT2D eigenvalue weighted by atomic mass is 127. The van der Waals surface area contributed by atoms with Crippen molar-refractivity contribution in [3.8, 4) is 5.75 Å². The number of hydrogen-bond acceptors (Lipinski definition) is 3. The molecule has 20 heavy (non-hydrogen) atoms. The van der Waals surface area contributed by atoms with Crippen LogP contribution < -0.4 is 10.1 Å². The zero-order chi connectivity index (χ0) is 14.4. The number of anilines is 1. The second kappa shape index (κ2) is 7.44. The lowest BCUT2D eigenvalue weighted by Crippen LogP contribution is -2.26. The highest BCUT2D eigenvalue weighted by Gasteiger charge is 2.07. The Morgan fingerprint density at radius 1 is 1.15 bits per heavy atom. The average Bonchev–Trinajstić information content (AvgIpc) is 2.46. The number of hydrogen-bond donors (Lipinski definition) is 2. The van der Waals surface area contributed by atoms with Crippen LogP contribution in [0, 0.1) is 9.39 Å². The Kier molecular flexibility index (Phi) is 5.60. The third-order valence-corrected chi connectivity index (χ3v) is 3.37. The van der Waals surface area contributed by atoms with Gasteiger partial charge in [0.25, 0.3) is 0 Å². The van der Waals surface area contributed by atoms with Crippen LogP contribution in [-0.4, -0.2) is 24.4 Å². The van der Waals surface area contributed by atoms with Crippen LogP contribution in [0.15, 0.2) is 48.5 Å². The zero-order valence-corrected chi connectivity index (χ0v) is 12.9. The molecule has 0 amide bonds. The van der Waals surface area contributed by atoms with Crippen molar-refractivity contribution in [2.75, 3.05) is 18.5 Å². The summed E-state index contributed by atoms with van der Waals surface area (Å²) in [5.74, 6) is -0.272. The molecule has 0 saturated heterocycles. The van der Waals surface area contributed by atoms with Gasteiger partial charge in [-0.25, -0.2) is 4.39 Å². The molecule has 0 saturated carbocycles. The van der Waals surface area contributed by atoms with Gasteiger partial charge < -0.3 is 15.2 Å². The molecule has 0 aliphatic carbocycles. The number of aliphatic hydroxyl groups excluding tert-OH is 1. The van der Waals surface area contributed by atoms with Gasteiger partial charge in [0, 0.05) is 15.8 Å². The summed E-state index contributed by atoms with van der Waals surface area (Å²) >= 11 is 2.23. The zero-order valence-electron chi connectivity index (χ0n) is 10.7. The molecule has 0 aliphatic rings. The average molecular weight is 387 g/mol. The quantitative estimate of drug-likeness (QED) is 0.748. The SMILES string of the molecule is OC(CNc1ccc(I)cc1)COc1ccccc1F. The molecule has 2 rings (SSSR count). The molecule has 0 radical (unpaired) electrons. The van der Waals surface area contributed by atoms with E-state index in [0.717, 1.165) is 9.26 Å². The summed E-state index contributed by atoms with van der Waals surface area (Å²) in [6, 6.07) is 14.0. The molecule has 1 atom stereocenters. The summed E-state index contributed by atoms with van der Waals surface area (Å²) in [4.78, 5) is 0. The van der Waals surface area contributed by atoms with Gasteiger partial charge in [0.05, 0.1) is 0 Å². The minimum atomic E-state index is -0.714. The van der Waals surface area contributed by atoms with Crippen LogP contribution in [0.3, 0.4) is 0 Å². The number of ether oxygens (including phenoxy) is 1. The molecule has 0 spiro atoms. The van der Waals surface area contributed by atoms with E-state index >= 15 is 0 Å². The van der Waals surface area contributed by atoms with E-state index < -0.39 is 11.9 Å². The maximum atomic E-state index is 13.3. The van der Waals surface area contributed by atoms with Gasteiger partial charge in [-0.1, -0.05) is 12.1 Å². The molecule has 2 N–H and O–H groups in total. The Bertz CT molecular complexity index is 548. The van der Waals surface area contributed by atoms with Crippen LogP contribution in [0.2, 0.25) is 0 Å². The monoisotopic (exact) mass is 387 g/mol. The van der Waals surface area contributed by atoms with Gasteiger partial charge in [-0.2, -0.15) is 0 Å². The second-order valence-electron chi connectivity index (χ2n) is 4.28. The standard InChI is InChI=1S/C15H15FINO2/c16-14-3-1-2-4-15(14)20-10-13(19)9-18-12-7-5-11(17)6-8-12/h1-8,13,18-19H,9-10H2. The van der Waals surface area contributed by atoms with E-state index in [2.05, 4.69) is 27.9 Å². The number of rotatable bonds is 6. The summed E-state index contributed by atoms with van der Waals surface area (Å²) in [6.07, 6.45) is -0.714. The van der Waals surface area contributed by atoms with Crippen LogP contribution in [0.25, 0.3) is 0 Å². The molecule has 0 fully saturated rings. The Morgan fingerprint density at radius 3 is 2.55 bits per heavy atom. The fourth-order valence-electron chi connectivity index (χ4n) is 1.61. The molecule has 0 aliphatic heterocycles. The number of nitrogens with one attached hydrogen (secondary N) is 1. The summed E-state index contributed by atoms with van der Waals surface area (Å²) in [5, 5.41) is 12.9. The van der Waals surface area contributed by atoms with Crippen LogP contribution in [-0.2, 0) is 0 Å². The lowest BCUT2D eigenvalue weighted by atomic mass is 10.3. The third kappa shape index (κ3) is 4.64. The van der Waals surface area contributed by atoms with E-state index in [9.17, 15) is 9.50 Å². The van der Waals surface area contributed by atoms with Crippen molar-refractivity contribution >= 4 is 28.3 Å². The smallest absolute Gasteiger partial charge is 0.165 e. The lowest BCUT2D eigenvalue weighted by Gasteiger charge is -2.14.